The van der Waals surface area contributed by atoms with Crippen molar-refractivity contribution in [1.82, 2.24) is 10.3 Å². The van der Waals surface area contributed by atoms with E-state index in [-0.39, 0.29) is 0 Å². The van der Waals surface area contributed by atoms with Gasteiger partial charge in [0.25, 0.3) is 0 Å². The molecule has 0 spiro atoms. The highest BCUT2D eigenvalue weighted by molar-refractivity contribution is 9.10. The first kappa shape index (κ1) is 15.3. The van der Waals surface area contributed by atoms with Gasteiger partial charge >= 0.3 is 0 Å². The summed E-state index contributed by atoms with van der Waals surface area (Å²) in [5.74, 6) is 1.99. The molecule has 1 fully saturated rings. The zero-order valence-corrected chi connectivity index (χ0v) is 14.0. The van der Waals surface area contributed by atoms with Crippen molar-refractivity contribution in [3.63, 3.8) is 0 Å². The Kier molecular flexibility index (Phi) is 6.68. The lowest BCUT2D eigenvalue weighted by atomic mass is 10.00. The van der Waals surface area contributed by atoms with Crippen molar-refractivity contribution in [3.8, 4) is 0 Å². The number of hydrogen-bond acceptors (Lipinski definition) is 3. The molecule has 1 aliphatic rings. The largest absolute Gasteiger partial charge is 0.313 e. The molecule has 0 bridgehead atoms. The third-order valence-corrected chi connectivity index (χ3v) is 5.78. The third-order valence-electron chi connectivity index (χ3n) is 3.75. The highest BCUT2D eigenvalue weighted by atomic mass is 79.9. The van der Waals surface area contributed by atoms with Gasteiger partial charge in [-0.25, -0.2) is 4.98 Å². The van der Waals surface area contributed by atoms with Crippen LogP contribution in [0, 0.1) is 5.92 Å². The molecule has 1 atom stereocenters. The van der Waals surface area contributed by atoms with Gasteiger partial charge in [-0.3, -0.25) is 0 Å². The van der Waals surface area contributed by atoms with Gasteiger partial charge in [-0.15, -0.1) is 11.8 Å². The van der Waals surface area contributed by atoms with E-state index in [0.717, 1.165) is 27.7 Å². The van der Waals surface area contributed by atoms with Crippen molar-refractivity contribution in [2.24, 2.45) is 5.92 Å². The van der Waals surface area contributed by atoms with E-state index in [1.807, 2.05) is 24.0 Å². The Bertz CT molecular complexity index is 380. The molecule has 4 heteroatoms. The summed E-state index contributed by atoms with van der Waals surface area (Å²) in [6.07, 6.45) is 8.69. The number of rotatable bonds is 7. The molecule has 2 nitrogen and oxygen atoms in total. The van der Waals surface area contributed by atoms with Crippen molar-refractivity contribution in [1.29, 1.82) is 0 Å². The molecule has 0 saturated heterocycles. The molecule has 0 aliphatic heterocycles. The lowest BCUT2D eigenvalue weighted by Crippen LogP contribution is -2.37. The van der Waals surface area contributed by atoms with Crippen LogP contribution in [0.5, 0.6) is 0 Å². The number of pyridine rings is 1. The van der Waals surface area contributed by atoms with Crippen molar-refractivity contribution >= 4 is 27.7 Å². The van der Waals surface area contributed by atoms with Crippen molar-refractivity contribution in [2.75, 3.05) is 12.3 Å². The van der Waals surface area contributed by atoms with Crippen LogP contribution in [-0.4, -0.2) is 23.3 Å². The van der Waals surface area contributed by atoms with E-state index >= 15 is 0 Å². The molecular weight excluding hydrogens is 320 g/mol. The normalized spacial score (nSPS) is 17.8. The summed E-state index contributed by atoms with van der Waals surface area (Å²) in [6, 6.07) is 4.68. The summed E-state index contributed by atoms with van der Waals surface area (Å²) in [6.45, 7) is 3.37. The number of nitrogens with one attached hydrogen (secondary N) is 1. The lowest BCUT2D eigenvalue weighted by molar-refractivity contribution is 0.388. The summed E-state index contributed by atoms with van der Waals surface area (Å²) in [5, 5.41) is 4.85. The summed E-state index contributed by atoms with van der Waals surface area (Å²) in [5.41, 5.74) is 0. The average Bonchev–Trinajstić information content (AvgIpc) is 2.94. The van der Waals surface area contributed by atoms with E-state index in [1.54, 1.807) is 0 Å². The Hall–Kier alpha value is -0.0600. The molecule has 1 aliphatic carbocycles. The summed E-state index contributed by atoms with van der Waals surface area (Å²) in [4.78, 5) is 4.45. The van der Waals surface area contributed by atoms with Gasteiger partial charge in [0, 0.05) is 22.5 Å². The van der Waals surface area contributed by atoms with Gasteiger partial charge in [-0.2, -0.15) is 0 Å². The van der Waals surface area contributed by atoms with Gasteiger partial charge < -0.3 is 5.32 Å². The van der Waals surface area contributed by atoms with Crippen molar-refractivity contribution in [2.45, 2.75) is 50.1 Å². The zero-order chi connectivity index (χ0) is 13.5. The molecule has 0 amide bonds. The first-order chi connectivity index (χ1) is 9.31. The molecule has 19 heavy (non-hydrogen) atoms. The van der Waals surface area contributed by atoms with E-state index in [0.29, 0.717) is 6.04 Å². The van der Waals surface area contributed by atoms with Gasteiger partial charge in [0.15, 0.2) is 0 Å². The van der Waals surface area contributed by atoms with Crippen LogP contribution < -0.4 is 5.32 Å². The topological polar surface area (TPSA) is 24.9 Å². The standard InChI is InChI=1S/C15H23BrN2S/c1-2-9-17-14(12-6-3-4-7-12)11-19-15-13(16)8-5-10-18-15/h5,8,10,12,14,17H,2-4,6-7,9,11H2,1H3. The molecule has 1 saturated carbocycles. The van der Waals surface area contributed by atoms with Crippen LogP contribution in [0.2, 0.25) is 0 Å². The maximum Gasteiger partial charge on any atom is 0.110 e. The van der Waals surface area contributed by atoms with Gasteiger partial charge in [0.2, 0.25) is 0 Å². The predicted molar refractivity (Wildman–Crippen MR) is 86.7 cm³/mol. The molecule has 1 aromatic rings. The maximum absolute atomic E-state index is 4.45. The minimum absolute atomic E-state index is 0.640. The Balaban J connectivity index is 1.90. The number of nitrogens with zero attached hydrogens (tertiary/aromatic N) is 1. The minimum atomic E-state index is 0.640. The van der Waals surface area contributed by atoms with Crippen LogP contribution in [0.1, 0.15) is 39.0 Å². The number of thioether (sulfide) groups is 1. The second-order valence-corrected chi connectivity index (χ2v) is 7.07. The van der Waals surface area contributed by atoms with Crippen LogP contribution in [0.4, 0.5) is 0 Å². The molecule has 106 valence electrons. The van der Waals surface area contributed by atoms with Gasteiger partial charge in [0.05, 0.1) is 0 Å². The summed E-state index contributed by atoms with van der Waals surface area (Å²) >= 11 is 5.45. The van der Waals surface area contributed by atoms with Gasteiger partial charge in [0.1, 0.15) is 5.03 Å². The second kappa shape index (κ2) is 8.28. The molecule has 0 radical (unpaired) electrons. The first-order valence-corrected chi connectivity index (χ1v) is 9.05. The van der Waals surface area contributed by atoms with Crippen LogP contribution >= 0.6 is 27.7 Å². The fraction of sp³-hybridized carbons (Fsp3) is 0.667. The lowest BCUT2D eigenvalue weighted by Gasteiger charge is -2.24. The van der Waals surface area contributed by atoms with Gasteiger partial charge in [-0.05, 0) is 59.8 Å². The van der Waals surface area contributed by atoms with E-state index in [2.05, 4.69) is 39.2 Å². The molecule has 1 unspecified atom stereocenters. The Morgan fingerprint density at radius 2 is 2.26 bits per heavy atom. The monoisotopic (exact) mass is 342 g/mol. The number of halogens is 1. The van der Waals surface area contributed by atoms with Crippen LogP contribution in [0.15, 0.2) is 27.8 Å². The van der Waals surface area contributed by atoms with Gasteiger partial charge in [-0.1, -0.05) is 19.8 Å². The van der Waals surface area contributed by atoms with Crippen LogP contribution in [0.25, 0.3) is 0 Å². The fourth-order valence-corrected chi connectivity index (χ4v) is 4.36. The smallest absolute Gasteiger partial charge is 0.110 e. The first-order valence-electron chi connectivity index (χ1n) is 7.28. The molecule has 1 N–H and O–H groups in total. The number of aromatic nitrogens is 1. The van der Waals surface area contributed by atoms with E-state index in [9.17, 15) is 0 Å². The van der Waals surface area contributed by atoms with Crippen molar-refractivity contribution in [3.05, 3.63) is 22.8 Å². The minimum Gasteiger partial charge on any atom is -0.313 e. The van der Waals surface area contributed by atoms with E-state index < -0.39 is 0 Å². The second-order valence-electron chi connectivity index (χ2n) is 5.21. The molecule has 0 aromatic carbocycles. The quantitative estimate of drug-likeness (QED) is 0.738. The SMILES string of the molecule is CCCNC(CSc1ncccc1Br)C1CCCC1. The van der Waals surface area contributed by atoms with E-state index in [4.69, 9.17) is 0 Å². The Morgan fingerprint density at radius 1 is 1.47 bits per heavy atom. The highest BCUT2D eigenvalue weighted by Gasteiger charge is 2.24. The van der Waals surface area contributed by atoms with Crippen LogP contribution in [-0.2, 0) is 0 Å². The molecule has 1 heterocycles. The molecule has 1 aromatic heterocycles. The summed E-state index contributed by atoms with van der Waals surface area (Å²) in [7, 11) is 0. The maximum atomic E-state index is 4.45. The molecule has 2 rings (SSSR count). The summed E-state index contributed by atoms with van der Waals surface area (Å²) < 4.78 is 1.11. The average molecular weight is 343 g/mol. The van der Waals surface area contributed by atoms with Crippen LogP contribution in [0.3, 0.4) is 0 Å². The zero-order valence-electron chi connectivity index (χ0n) is 11.6. The predicted octanol–water partition coefficient (Wildman–Crippen LogP) is 4.49. The Morgan fingerprint density at radius 3 is 2.95 bits per heavy atom. The third kappa shape index (κ3) is 4.76. The van der Waals surface area contributed by atoms with E-state index in [1.165, 1.54) is 32.1 Å². The highest BCUT2D eigenvalue weighted by Crippen LogP contribution is 2.32. The number of hydrogen-bond donors (Lipinski definition) is 1. The molecular formula is C15H23BrN2S. The Labute approximate surface area is 129 Å². The fourth-order valence-electron chi connectivity index (χ4n) is 2.70. The van der Waals surface area contributed by atoms with Crippen molar-refractivity contribution < 1.29 is 0 Å².